The van der Waals surface area contributed by atoms with E-state index in [1.54, 1.807) is 12.1 Å². The number of rotatable bonds is 9. The lowest BCUT2D eigenvalue weighted by Crippen LogP contribution is -2.19. The molecule has 0 atom stereocenters. The summed E-state index contributed by atoms with van der Waals surface area (Å²) in [7, 11) is -13.3. The van der Waals surface area contributed by atoms with Crippen LogP contribution < -0.4 is 19.5 Å². The Morgan fingerprint density at radius 3 is 1.73 bits per heavy atom. The number of fused-ring (bicyclic) bond motifs is 2. The first kappa shape index (κ1) is 35.0. The number of carbonyl (C=O) groups excluding carboxylic acids is 1. The molecule has 0 aliphatic heterocycles. The molecule has 262 valence electrons. The van der Waals surface area contributed by atoms with Gasteiger partial charge in [0.25, 0.3) is 20.1 Å². The lowest BCUT2D eigenvalue weighted by atomic mass is 10.1. The van der Waals surface area contributed by atoms with E-state index in [1.807, 2.05) is 6.92 Å². The fraction of sp³-hybridized carbons (Fsp3) is 0.0294. The van der Waals surface area contributed by atoms with Crippen molar-refractivity contribution in [3.05, 3.63) is 115 Å². The smallest absolute Gasteiger partial charge is 0.339 e. The molecule has 0 saturated carbocycles. The Balaban J connectivity index is 1.20. The van der Waals surface area contributed by atoms with Gasteiger partial charge in [0, 0.05) is 34.3 Å². The van der Waals surface area contributed by atoms with Crippen LogP contribution >= 0.6 is 0 Å². The zero-order chi connectivity index (χ0) is 36.7. The van der Waals surface area contributed by atoms with Gasteiger partial charge in [-0.15, -0.1) is 0 Å². The summed E-state index contributed by atoms with van der Waals surface area (Å²) in [4.78, 5) is 11.6. The maximum Gasteiger partial charge on any atom is 0.339 e. The highest BCUT2D eigenvalue weighted by molar-refractivity contribution is 7.92. The van der Waals surface area contributed by atoms with Crippen molar-refractivity contribution < 1.29 is 49.0 Å². The van der Waals surface area contributed by atoms with Crippen molar-refractivity contribution in [3.63, 3.8) is 0 Å². The van der Waals surface area contributed by atoms with Gasteiger partial charge < -0.3 is 25.0 Å². The van der Waals surface area contributed by atoms with Gasteiger partial charge >= 0.3 is 16.1 Å². The van der Waals surface area contributed by atoms with E-state index in [1.165, 1.54) is 72.8 Å². The molecule has 14 nitrogen and oxygen atoms in total. The zero-order valence-corrected chi connectivity index (χ0v) is 28.7. The zero-order valence-electron chi connectivity index (χ0n) is 26.2. The van der Waals surface area contributed by atoms with E-state index in [4.69, 9.17) is 4.18 Å². The average Bonchev–Trinajstić information content (AvgIpc) is 3.05. The second kappa shape index (κ2) is 13.1. The number of benzene rings is 6. The van der Waals surface area contributed by atoms with Gasteiger partial charge in [-0.1, -0.05) is 23.8 Å². The van der Waals surface area contributed by atoms with Crippen molar-refractivity contribution in [2.45, 2.75) is 21.6 Å². The number of sulfonamides is 1. The van der Waals surface area contributed by atoms with E-state index in [2.05, 4.69) is 15.4 Å². The molecule has 0 aromatic heterocycles. The third-order valence-corrected chi connectivity index (χ3v) is 11.0. The summed E-state index contributed by atoms with van der Waals surface area (Å²) in [5.41, 5.74) is 1.23. The Kier molecular flexibility index (Phi) is 8.98. The predicted molar refractivity (Wildman–Crippen MR) is 190 cm³/mol. The molecular formula is C34H27N3O11S3. The van der Waals surface area contributed by atoms with Crippen molar-refractivity contribution in [3.8, 4) is 17.2 Å². The van der Waals surface area contributed by atoms with Gasteiger partial charge in [-0.05, 0) is 96.6 Å². The molecule has 6 rings (SSSR count). The van der Waals surface area contributed by atoms with Crippen LogP contribution in [-0.2, 0) is 30.3 Å². The standard InChI is InChI=1S/C34H27N3O11S3/c1-20-5-9-26(10-6-20)48-51(46,47)27-4-2-3-25(17-27)37-49(41,42)28-15-21-13-23(7-11-30(21)32(38)18-28)35-34(40)36-24-8-12-31-22(14-24)16-29(19-33(31)39)50(43,44)45/h2-19,37-39H,1H3,(H2,35,36,40)(H,43,44,45). The molecule has 0 aliphatic carbocycles. The monoisotopic (exact) mass is 749 g/mol. The van der Waals surface area contributed by atoms with Crippen molar-refractivity contribution in [2.75, 3.05) is 15.4 Å². The molecule has 0 aliphatic rings. The number of phenolic OH excluding ortho intramolecular Hbond substituents is 2. The topological polar surface area (TPSA) is 225 Å². The molecule has 6 aromatic carbocycles. The Morgan fingerprint density at radius 2 is 1.16 bits per heavy atom. The maximum absolute atomic E-state index is 13.4. The Hall–Kier alpha value is -5.88. The van der Waals surface area contributed by atoms with Crippen molar-refractivity contribution in [1.29, 1.82) is 0 Å². The normalized spacial score (nSPS) is 12.0. The SMILES string of the molecule is Cc1ccc(OS(=O)(=O)c2cccc(NS(=O)(=O)c3cc(O)c4ccc(NC(=O)Nc5ccc6c(O)cc(S(=O)(=O)O)cc6c5)cc4c3)c2)cc1. The third-order valence-electron chi connectivity index (χ3n) is 7.53. The van der Waals surface area contributed by atoms with E-state index in [0.29, 0.717) is 0 Å². The van der Waals surface area contributed by atoms with Crippen LogP contribution in [0.3, 0.4) is 0 Å². The summed E-state index contributed by atoms with van der Waals surface area (Å²) >= 11 is 0. The van der Waals surface area contributed by atoms with Crippen LogP contribution in [0.5, 0.6) is 17.2 Å². The minimum Gasteiger partial charge on any atom is -0.507 e. The average molecular weight is 750 g/mol. The molecule has 2 amide bonds. The van der Waals surface area contributed by atoms with Gasteiger partial charge in [0.15, 0.2) is 0 Å². The van der Waals surface area contributed by atoms with Crippen molar-refractivity contribution >= 4 is 74.9 Å². The van der Waals surface area contributed by atoms with Crippen LogP contribution in [0.25, 0.3) is 21.5 Å². The second-order valence-corrected chi connectivity index (χ2v) is 15.9. The van der Waals surface area contributed by atoms with E-state index in [0.717, 1.165) is 29.8 Å². The van der Waals surface area contributed by atoms with Crippen LogP contribution in [-0.4, -0.2) is 46.1 Å². The number of urea groups is 1. The molecule has 0 bridgehead atoms. The molecule has 51 heavy (non-hydrogen) atoms. The fourth-order valence-corrected chi connectivity index (χ4v) is 7.71. The first-order chi connectivity index (χ1) is 24.0. The minimum absolute atomic E-state index is 0.0799. The molecule has 0 unspecified atom stereocenters. The highest BCUT2D eigenvalue weighted by Crippen LogP contribution is 2.33. The number of aromatic hydroxyl groups is 2. The summed E-state index contributed by atoms with van der Waals surface area (Å²) in [5, 5.41) is 27.0. The van der Waals surface area contributed by atoms with E-state index in [9.17, 15) is 44.8 Å². The van der Waals surface area contributed by atoms with Crippen LogP contribution in [0.1, 0.15) is 5.56 Å². The van der Waals surface area contributed by atoms with E-state index < -0.39 is 46.9 Å². The summed E-state index contributed by atoms with van der Waals surface area (Å²) in [6.07, 6.45) is 0. The van der Waals surface area contributed by atoms with Crippen LogP contribution in [0.4, 0.5) is 21.9 Å². The van der Waals surface area contributed by atoms with Gasteiger partial charge in [-0.3, -0.25) is 9.27 Å². The molecule has 0 spiro atoms. The minimum atomic E-state index is -4.61. The fourth-order valence-electron chi connectivity index (χ4n) is 5.10. The van der Waals surface area contributed by atoms with Crippen molar-refractivity contribution in [2.24, 2.45) is 0 Å². The highest BCUT2D eigenvalue weighted by atomic mass is 32.2. The van der Waals surface area contributed by atoms with E-state index in [-0.39, 0.29) is 59.9 Å². The molecule has 0 heterocycles. The summed E-state index contributed by atoms with van der Waals surface area (Å²) < 4.78 is 92.5. The lowest BCUT2D eigenvalue weighted by Gasteiger charge is -2.13. The molecule has 17 heteroatoms. The number of nitrogens with one attached hydrogen (secondary N) is 3. The van der Waals surface area contributed by atoms with Crippen LogP contribution in [0.2, 0.25) is 0 Å². The number of phenols is 2. The Bertz CT molecular complexity index is 2700. The van der Waals surface area contributed by atoms with Gasteiger partial charge in [0.2, 0.25) is 0 Å². The lowest BCUT2D eigenvalue weighted by molar-refractivity contribution is 0.262. The molecule has 6 N–H and O–H groups in total. The van der Waals surface area contributed by atoms with Crippen molar-refractivity contribution in [1.82, 2.24) is 0 Å². The number of hydrogen-bond donors (Lipinski definition) is 6. The third kappa shape index (κ3) is 7.81. The van der Waals surface area contributed by atoms with Crippen LogP contribution in [0, 0.1) is 6.92 Å². The van der Waals surface area contributed by atoms with E-state index >= 15 is 0 Å². The van der Waals surface area contributed by atoms with Crippen LogP contribution in [0.15, 0.2) is 124 Å². The highest BCUT2D eigenvalue weighted by Gasteiger charge is 2.21. The molecular weight excluding hydrogens is 723 g/mol. The van der Waals surface area contributed by atoms with Gasteiger partial charge in [0.1, 0.15) is 22.1 Å². The van der Waals surface area contributed by atoms with Gasteiger partial charge in [-0.25, -0.2) is 13.2 Å². The molecule has 0 saturated heterocycles. The summed E-state index contributed by atoms with van der Waals surface area (Å²) in [6, 6.07) is 23.5. The first-order valence-corrected chi connectivity index (χ1v) is 19.0. The number of amides is 2. The second-order valence-electron chi connectivity index (χ2n) is 11.3. The molecule has 6 aromatic rings. The predicted octanol–water partition coefficient (Wildman–Crippen LogP) is 6.17. The number of anilines is 3. The number of carbonyl (C=O) groups is 1. The largest absolute Gasteiger partial charge is 0.507 e. The number of hydrogen-bond acceptors (Lipinski definition) is 10. The summed E-state index contributed by atoms with van der Waals surface area (Å²) in [5.74, 6) is -0.691. The maximum atomic E-state index is 13.4. The molecule has 0 radical (unpaired) electrons. The Labute approximate surface area is 291 Å². The summed E-state index contributed by atoms with van der Waals surface area (Å²) in [6.45, 7) is 1.83. The number of aryl methyl sites for hydroxylation is 1. The van der Waals surface area contributed by atoms with Gasteiger partial charge in [-0.2, -0.15) is 16.8 Å². The molecule has 0 fully saturated rings. The Morgan fingerprint density at radius 1 is 0.608 bits per heavy atom. The van der Waals surface area contributed by atoms with Gasteiger partial charge in [0.05, 0.1) is 15.5 Å². The quantitative estimate of drug-likeness (QED) is 0.0724. The first-order valence-electron chi connectivity index (χ1n) is 14.7.